The van der Waals surface area contributed by atoms with Crippen LogP contribution in [0.1, 0.15) is 40.7 Å². The van der Waals surface area contributed by atoms with Crippen LogP contribution in [0.3, 0.4) is 0 Å². The van der Waals surface area contributed by atoms with Crippen LogP contribution in [0.15, 0.2) is 18.2 Å². The fraction of sp³-hybridized carbons (Fsp3) is 0.550. The number of benzene rings is 1. The van der Waals surface area contributed by atoms with Gasteiger partial charge in [0.05, 0.1) is 0 Å². The van der Waals surface area contributed by atoms with Gasteiger partial charge in [0.25, 0.3) is 5.91 Å². The molecule has 2 fully saturated rings. The van der Waals surface area contributed by atoms with Gasteiger partial charge in [-0.1, -0.05) is 12.1 Å². The maximum atomic E-state index is 12.7. The summed E-state index contributed by atoms with van der Waals surface area (Å²) in [7, 11) is 2.13. The van der Waals surface area contributed by atoms with E-state index in [4.69, 9.17) is 0 Å². The van der Waals surface area contributed by atoms with E-state index in [2.05, 4.69) is 28.6 Å². The average Bonchev–Trinajstić information content (AvgIpc) is 2.89. The molecule has 1 aromatic carbocycles. The minimum absolute atomic E-state index is 0.114. The molecule has 0 aliphatic carbocycles. The summed E-state index contributed by atoms with van der Waals surface area (Å²) < 4.78 is 0. The summed E-state index contributed by atoms with van der Waals surface area (Å²) in [5.74, 6) is 0.0605. The Kier molecular flexibility index (Phi) is 4.97. The van der Waals surface area contributed by atoms with Crippen molar-refractivity contribution in [3.05, 3.63) is 34.9 Å². The third kappa shape index (κ3) is 3.75. The Morgan fingerprint density at radius 1 is 1.22 bits per heavy atom. The van der Waals surface area contributed by atoms with Crippen molar-refractivity contribution in [3.63, 3.8) is 0 Å². The summed E-state index contributed by atoms with van der Waals surface area (Å²) in [4.78, 5) is 40.1. The molecule has 0 spiro atoms. The first kappa shape index (κ1) is 18.1. The molecule has 1 atom stereocenters. The second-order valence-corrected chi connectivity index (χ2v) is 7.94. The maximum Gasteiger partial charge on any atom is 0.255 e. The highest BCUT2D eigenvalue weighted by atomic mass is 16.2. The fourth-order valence-electron chi connectivity index (χ4n) is 4.07. The van der Waals surface area contributed by atoms with E-state index in [1.54, 1.807) is 4.90 Å². The molecule has 0 radical (unpaired) electrons. The van der Waals surface area contributed by atoms with Crippen molar-refractivity contribution >= 4 is 17.7 Å². The third-order valence-corrected chi connectivity index (χ3v) is 5.83. The Morgan fingerprint density at radius 3 is 2.74 bits per heavy atom. The predicted molar refractivity (Wildman–Crippen MR) is 99.8 cm³/mol. The summed E-state index contributed by atoms with van der Waals surface area (Å²) in [6.45, 7) is 4.60. The lowest BCUT2D eigenvalue weighted by Crippen LogP contribution is -2.52. The SMILES string of the molecule is CN(CCC1CNC1)Cc1ccc2c(c1)CN(C1CCC(=O)NC1=O)C2=O. The number of hydrogen-bond acceptors (Lipinski definition) is 5. The van der Waals surface area contributed by atoms with Crippen molar-refractivity contribution < 1.29 is 14.4 Å². The summed E-state index contributed by atoms with van der Waals surface area (Å²) in [5.41, 5.74) is 2.83. The lowest BCUT2D eigenvalue weighted by molar-refractivity contribution is -0.136. The number of imide groups is 1. The van der Waals surface area contributed by atoms with Crippen molar-refractivity contribution in [1.82, 2.24) is 20.4 Å². The number of amides is 3. The first-order valence-corrected chi connectivity index (χ1v) is 9.67. The molecule has 3 heterocycles. The summed E-state index contributed by atoms with van der Waals surface area (Å²) in [6.07, 6.45) is 1.88. The van der Waals surface area contributed by atoms with Crippen molar-refractivity contribution in [1.29, 1.82) is 0 Å². The van der Waals surface area contributed by atoms with Crippen LogP contribution in [0.4, 0.5) is 0 Å². The number of piperidine rings is 1. The summed E-state index contributed by atoms with van der Waals surface area (Å²) in [6, 6.07) is 5.42. The molecule has 2 N–H and O–H groups in total. The molecule has 7 heteroatoms. The summed E-state index contributed by atoms with van der Waals surface area (Å²) >= 11 is 0. The van der Waals surface area contributed by atoms with Crippen LogP contribution in [-0.2, 0) is 22.7 Å². The van der Waals surface area contributed by atoms with E-state index >= 15 is 0 Å². The normalized spacial score (nSPS) is 22.8. The lowest BCUT2D eigenvalue weighted by Gasteiger charge is -2.29. The quantitative estimate of drug-likeness (QED) is 0.713. The molecule has 4 rings (SSSR count). The van der Waals surface area contributed by atoms with Gasteiger partial charge < -0.3 is 15.1 Å². The second kappa shape index (κ2) is 7.40. The van der Waals surface area contributed by atoms with E-state index < -0.39 is 6.04 Å². The van der Waals surface area contributed by atoms with Crippen LogP contribution < -0.4 is 10.6 Å². The molecule has 1 aromatic rings. The number of rotatable bonds is 6. The molecule has 7 nitrogen and oxygen atoms in total. The smallest absolute Gasteiger partial charge is 0.255 e. The van der Waals surface area contributed by atoms with Gasteiger partial charge in [-0.3, -0.25) is 19.7 Å². The molecule has 2 saturated heterocycles. The van der Waals surface area contributed by atoms with Crippen LogP contribution in [0.25, 0.3) is 0 Å². The molecule has 144 valence electrons. The molecule has 0 aromatic heterocycles. The van der Waals surface area contributed by atoms with Crippen LogP contribution >= 0.6 is 0 Å². The highest BCUT2D eigenvalue weighted by molar-refractivity contribution is 6.05. The molecule has 3 aliphatic heterocycles. The second-order valence-electron chi connectivity index (χ2n) is 7.94. The number of nitrogens with one attached hydrogen (secondary N) is 2. The number of carbonyl (C=O) groups excluding carboxylic acids is 3. The number of carbonyl (C=O) groups is 3. The largest absolute Gasteiger partial charge is 0.322 e. The van der Waals surface area contributed by atoms with E-state index in [0.29, 0.717) is 18.5 Å². The van der Waals surface area contributed by atoms with E-state index in [0.717, 1.165) is 37.7 Å². The standard InChI is InChI=1S/C20H26N4O3/c1-23(7-6-14-9-21-10-14)11-13-2-3-16-15(8-13)12-24(20(16)27)17-4-5-18(25)22-19(17)26/h2-3,8,14,17,21H,4-7,9-12H2,1H3,(H,22,25,26). The van der Waals surface area contributed by atoms with Gasteiger partial charge in [0, 0.05) is 25.1 Å². The number of nitrogens with zero attached hydrogens (tertiary/aromatic N) is 2. The fourth-order valence-corrected chi connectivity index (χ4v) is 4.07. The van der Waals surface area contributed by atoms with Crippen molar-refractivity contribution in [3.8, 4) is 0 Å². The van der Waals surface area contributed by atoms with E-state index in [1.165, 1.54) is 12.0 Å². The van der Waals surface area contributed by atoms with E-state index in [9.17, 15) is 14.4 Å². The summed E-state index contributed by atoms with van der Waals surface area (Å²) in [5, 5.41) is 5.64. The molecule has 3 amide bonds. The lowest BCUT2D eigenvalue weighted by atomic mass is 9.99. The zero-order valence-electron chi connectivity index (χ0n) is 15.7. The van der Waals surface area contributed by atoms with E-state index in [-0.39, 0.29) is 24.1 Å². The zero-order chi connectivity index (χ0) is 19.0. The third-order valence-electron chi connectivity index (χ3n) is 5.83. The minimum atomic E-state index is -0.551. The molecule has 27 heavy (non-hydrogen) atoms. The monoisotopic (exact) mass is 370 g/mol. The Labute approximate surface area is 159 Å². The van der Waals surface area contributed by atoms with E-state index in [1.807, 2.05) is 12.1 Å². The Morgan fingerprint density at radius 2 is 2.04 bits per heavy atom. The molecule has 3 aliphatic rings. The van der Waals surface area contributed by atoms with Gasteiger partial charge in [0.15, 0.2) is 0 Å². The van der Waals surface area contributed by atoms with Crippen LogP contribution in [0.5, 0.6) is 0 Å². The van der Waals surface area contributed by atoms with Gasteiger partial charge in [0.1, 0.15) is 6.04 Å². The highest BCUT2D eigenvalue weighted by Crippen LogP contribution is 2.28. The number of hydrogen-bond donors (Lipinski definition) is 2. The van der Waals surface area contributed by atoms with Gasteiger partial charge >= 0.3 is 0 Å². The maximum absolute atomic E-state index is 12.7. The van der Waals surface area contributed by atoms with Crippen LogP contribution in [0, 0.1) is 5.92 Å². The topological polar surface area (TPSA) is 81.8 Å². The average molecular weight is 370 g/mol. The molecule has 0 saturated carbocycles. The van der Waals surface area contributed by atoms with Crippen LogP contribution in [0.2, 0.25) is 0 Å². The molecule has 0 bridgehead atoms. The predicted octanol–water partition coefficient (Wildman–Crippen LogP) is 0.489. The molecule has 1 unspecified atom stereocenters. The highest BCUT2D eigenvalue weighted by Gasteiger charge is 2.39. The molecular weight excluding hydrogens is 344 g/mol. The van der Waals surface area contributed by atoms with Crippen molar-refractivity contribution in [2.75, 3.05) is 26.7 Å². The molecular formula is C20H26N4O3. The van der Waals surface area contributed by atoms with Crippen molar-refractivity contribution in [2.45, 2.75) is 38.4 Å². The Balaban J connectivity index is 1.39. The number of fused-ring (bicyclic) bond motifs is 1. The van der Waals surface area contributed by atoms with Gasteiger partial charge in [-0.15, -0.1) is 0 Å². The first-order chi connectivity index (χ1) is 13.0. The van der Waals surface area contributed by atoms with Gasteiger partial charge in [-0.05, 0) is 62.6 Å². The minimum Gasteiger partial charge on any atom is -0.322 e. The van der Waals surface area contributed by atoms with Gasteiger partial charge in [0.2, 0.25) is 11.8 Å². The Hall–Kier alpha value is -2.25. The van der Waals surface area contributed by atoms with Crippen molar-refractivity contribution in [2.24, 2.45) is 5.92 Å². The first-order valence-electron chi connectivity index (χ1n) is 9.67. The van der Waals surface area contributed by atoms with Crippen LogP contribution in [-0.4, -0.2) is 60.2 Å². The Bertz CT molecular complexity index is 774. The van der Waals surface area contributed by atoms with Gasteiger partial charge in [-0.25, -0.2) is 0 Å². The van der Waals surface area contributed by atoms with Gasteiger partial charge in [-0.2, -0.15) is 0 Å². The zero-order valence-corrected chi connectivity index (χ0v) is 15.7.